The highest BCUT2D eigenvalue weighted by atomic mass is 35.5. The molecule has 1 N–H and O–H groups in total. The lowest BCUT2D eigenvalue weighted by molar-refractivity contribution is 0.384. The lowest BCUT2D eigenvalue weighted by Crippen LogP contribution is -2.24. The molecule has 0 amide bonds. The van der Waals surface area contributed by atoms with Crippen molar-refractivity contribution in [2.24, 2.45) is 0 Å². The lowest BCUT2D eigenvalue weighted by atomic mass is 10.2. The van der Waals surface area contributed by atoms with Crippen LogP contribution >= 0.6 is 11.6 Å². The number of anilines is 2. The van der Waals surface area contributed by atoms with E-state index in [0.717, 1.165) is 24.3 Å². The molecule has 4 rings (SSSR count). The van der Waals surface area contributed by atoms with E-state index in [1.807, 2.05) is 24.3 Å². The van der Waals surface area contributed by atoms with Gasteiger partial charge in [-0.1, -0.05) is 41.7 Å². The molecular weight excluding hydrogens is 360 g/mol. The largest absolute Gasteiger partial charge is 0.374 e. The fourth-order valence-electron chi connectivity index (χ4n) is 3.42. The molecule has 1 aromatic heterocycles. The van der Waals surface area contributed by atoms with Crippen molar-refractivity contribution >= 4 is 23.0 Å². The average Bonchev–Trinajstić information content (AvgIpc) is 3.01. The van der Waals surface area contributed by atoms with Gasteiger partial charge in [0.05, 0.1) is 17.9 Å². The van der Waals surface area contributed by atoms with Crippen LogP contribution in [-0.2, 0) is 6.54 Å². The third-order valence-corrected chi connectivity index (χ3v) is 5.10. The van der Waals surface area contributed by atoms with Crippen LogP contribution in [0.15, 0.2) is 53.1 Å². The van der Waals surface area contributed by atoms with Gasteiger partial charge in [0.2, 0.25) is 11.7 Å². The Morgan fingerprint density at radius 1 is 0.963 bits per heavy atom. The van der Waals surface area contributed by atoms with Gasteiger partial charge < -0.3 is 14.7 Å². The van der Waals surface area contributed by atoms with Crippen LogP contribution in [-0.4, -0.2) is 23.2 Å². The molecule has 1 saturated heterocycles. The second kappa shape index (κ2) is 8.44. The Balaban J connectivity index is 1.45. The minimum absolute atomic E-state index is 0.492. The third-order valence-electron chi connectivity index (χ3n) is 4.85. The van der Waals surface area contributed by atoms with Gasteiger partial charge in [-0.15, -0.1) is 0 Å². The van der Waals surface area contributed by atoms with E-state index < -0.39 is 0 Å². The molecule has 0 spiro atoms. The predicted octanol–water partition coefficient (Wildman–Crippen LogP) is 5.38. The molecule has 27 heavy (non-hydrogen) atoms. The summed E-state index contributed by atoms with van der Waals surface area (Å²) in [6.45, 7) is 2.71. The van der Waals surface area contributed by atoms with E-state index in [1.165, 1.54) is 31.4 Å². The lowest BCUT2D eigenvalue weighted by Gasteiger charge is -2.25. The molecule has 6 heteroatoms. The van der Waals surface area contributed by atoms with Crippen molar-refractivity contribution in [3.8, 4) is 11.4 Å². The van der Waals surface area contributed by atoms with Crippen molar-refractivity contribution in [1.82, 2.24) is 10.1 Å². The van der Waals surface area contributed by atoms with Crippen LogP contribution in [0.25, 0.3) is 11.4 Å². The number of rotatable bonds is 5. The number of halogens is 1. The number of hydrogen-bond acceptors (Lipinski definition) is 5. The quantitative estimate of drug-likeness (QED) is 0.641. The van der Waals surface area contributed by atoms with Crippen LogP contribution in [0.1, 0.15) is 31.6 Å². The first-order chi connectivity index (χ1) is 13.3. The van der Waals surface area contributed by atoms with Gasteiger partial charge >= 0.3 is 0 Å². The van der Waals surface area contributed by atoms with Gasteiger partial charge in [0, 0.05) is 23.7 Å². The SMILES string of the molecule is Clc1ccc(-c2noc(CNc3ccccc3N3CCCCCC3)n2)cc1. The van der Waals surface area contributed by atoms with Crippen LogP contribution in [0.4, 0.5) is 11.4 Å². The summed E-state index contributed by atoms with van der Waals surface area (Å²) in [5, 5.41) is 8.22. The Morgan fingerprint density at radius 2 is 1.70 bits per heavy atom. The van der Waals surface area contributed by atoms with Gasteiger partial charge in [0.15, 0.2) is 0 Å². The first kappa shape index (κ1) is 17.9. The second-order valence-electron chi connectivity index (χ2n) is 6.79. The van der Waals surface area contributed by atoms with Gasteiger partial charge in [-0.05, 0) is 49.2 Å². The van der Waals surface area contributed by atoms with E-state index >= 15 is 0 Å². The highest BCUT2D eigenvalue weighted by Gasteiger charge is 2.14. The van der Waals surface area contributed by atoms with Crippen LogP contribution < -0.4 is 10.2 Å². The Labute approximate surface area is 164 Å². The Bertz CT molecular complexity index is 870. The van der Waals surface area contributed by atoms with Crippen molar-refractivity contribution in [2.75, 3.05) is 23.3 Å². The molecule has 2 aromatic carbocycles. The number of para-hydroxylation sites is 2. The maximum absolute atomic E-state index is 5.93. The number of aromatic nitrogens is 2. The first-order valence-electron chi connectivity index (χ1n) is 9.46. The third kappa shape index (κ3) is 4.42. The van der Waals surface area contributed by atoms with Crippen LogP contribution in [0.2, 0.25) is 5.02 Å². The Hall–Kier alpha value is -2.53. The van der Waals surface area contributed by atoms with Crippen LogP contribution in [0, 0.1) is 0 Å². The Kier molecular flexibility index (Phi) is 5.58. The highest BCUT2D eigenvalue weighted by molar-refractivity contribution is 6.30. The van der Waals surface area contributed by atoms with E-state index in [-0.39, 0.29) is 0 Å². The summed E-state index contributed by atoms with van der Waals surface area (Å²) in [6, 6.07) is 15.9. The van der Waals surface area contributed by atoms with Crippen molar-refractivity contribution in [2.45, 2.75) is 32.2 Å². The molecular formula is C21H23ClN4O. The van der Waals surface area contributed by atoms with Gasteiger partial charge in [-0.2, -0.15) is 4.98 Å². The van der Waals surface area contributed by atoms with Crippen LogP contribution in [0.5, 0.6) is 0 Å². The summed E-state index contributed by atoms with van der Waals surface area (Å²) in [5.41, 5.74) is 3.24. The van der Waals surface area contributed by atoms with Crippen LogP contribution in [0.3, 0.4) is 0 Å². The van der Waals surface area contributed by atoms with E-state index in [0.29, 0.717) is 23.3 Å². The van der Waals surface area contributed by atoms with Gasteiger partial charge in [-0.3, -0.25) is 0 Å². The maximum Gasteiger partial charge on any atom is 0.246 e. The first-order valence-corrected chi connectivity index (χ1v) is 9.84. The highest BCUT2D eigenvalue weighted by Crippen LogP contribution is 2.28. The second-order valence-corrected chi connectivity index (χ2v) is 7.23. The zero-order chi connectivity index (χ0) is 18.5. The molecule has 3 aromatic rings. The smallest absolute Gasteiger partial charge is 0.246 e. The molecule has 0 bridgehead atoms. The van der Waals surface area contributed by atoms with Crippen molar-refractivity contribution in [3.63, 3.8) is 0 Å². The monoisotopic (exact) mass is 382 g/mol. The normalized spacial score (nSPS) is 14.8. The number of nitrogens with zero attached hydrogens (tertiary/aromatic N) is 3. The predicted molar refractivity (Wildman–Crippen MR) is 109 cm³/mol. The van der Waals surface area contributed by atoms with E-state index in [2.05, 4.69) is 44.6 Å². The van der Waals surface area contributed by atoms with E-state index in [9.17, 15) is 0 Å². The molecule has 2 heterocycles. The summed E-state index contributed by atoms with van der Waals surface area (Å²) in [5.74, 6) is 1.13. The zero-order valence-corrected chi connectivity index (χ0v) is 16.0. The average molecular weight is 383 g/mol. The molecule has 0 atom stereocenters. The summed E-state index contributed by atoms with van der Waals surface area (Å²) < 4.78 is 5.41. The maximum atomic E-state index is 5.93. The molecule has 0 radical (unpaired) electrons. The molecule has 140 valence electrons. The van der Waals surface area contributed by atoms with Gasteiger partial charge in [-0.25, -0.2) is 0 Å². The number of hydrogen-bond donors (Lipinski definition) is 1. The number of nitrogens with one attached hydrogen (secondary N) is 1. The van der Waals surface area contributed by atoms with Crippen molar-refractivity contribution < 1.29 is 4.52 Å². The van der Waals surface area contributed by atoms with E-state index in [4.69, 9.17) is 16.1 Å². The molecule has 0 aliphatic carbocycles. The minimum Gasteiger partial charge on any atom is -0.374 e. The molecule has 1 fully saturated rings. The standard InChI is InChI=1S/C21H23ClN4O/c22-17-11-9-16(10-12-17)21-24-20(27-25-21)15-23-18-7-3-4-8-19(18)26-13-5-1-2-6-14-26/h3-4,7-12,23H,1-2,5-6,13-15H2. The summed E-state index contributed by atoms with van der Waals surface area (Å²) >= 11 is 5.93. The summed E-state index contributed by atoms with van der Waals surface area (Å²) in [4.78, 5) is 6.96. The van der Waals surface area contributed by atoms with Gasteiger partial charge in [0.1, 0.15) is 0 Å². The zero-order valence-electron chi connectivity index (χ0n) is 15.2. The molecule has 5 nitrogen and oxygen atoms in total. The summed E-state index contributed by atoms with van der Waals surface area (Å²) in [7, 11) is 0. The topological polar surface area (TPSA) is 54.2 Å². The van der Waals surface area contributed by atoms with Crippen molar-refractivity contribution in [1.29, 1.82) is 0 Å². The molecule has 0 saturated carbocycles. The molecule has 1 aliphatic heterocycles. The fourth-order valence-corrected chi connectivity index (χ4v) is 3.55. The van der Waals surface area contributed by atoms with Gasteiger partial charge in [0.25, 0.3) is 0 Å². The van der Waals surface area contributed by atoms with Crippen molar-refractivity contribution in [3.05, 3.63) is 59.4 Å². The minimum atomic E-state index is 0.492. The molecule has 1 aliphatic rings. The fraction of sp³-hybridized carbons (Fsp3) is 0.333. The summed E-state index contributed by atoms with van der Waals surface area (Å²) in [6.07, 6.45) is 5.15. The number of benzene rings is 2. The Morgan fingerprint density at radius 3 is 2.48 bits per heavy atom. The molecule has 0 unspecified atom stereocenters. The van der Waals surface area contributed by atoms with E-state index in [1.54, 1.807) is 0 Å².